The highest BCUT2D eigenvalue weighted by atomic mass is 35.5. The molecule has 1 unspecified atom stereocenters. The third-order valence-electron chi connectivity index (χ3n) is 3.59. The van der Waals surface area contributed by atoms with Crippen molar-refractivity contribution in [2.24, 2.45) is 5.41 Å². The number of rotatable bonds is 3. The molecule has 0 saturated heterocycles. The summed E-state index contributed by atoms with van der Waals surface area (Å²) in [5.74, 6) is -2.18. The summed E-state index contributed by atoms with van der Waals surface area (Å²) >= 11 is 6.17. The Balaban J connectivity index is 2.53. The average molecular weight is 379 g/mol. The lowest BCUT2D eigenvalue weighted by atomic mass is 9.95. The Hall–Kier alpha value is -1.89. The van der Waals surface area contributed by atoms with Crippen LogP contribution in [0.3, 0.4) is 0 Å². The van der Waals surface area contributed by atoms with Crippen molar-refractivity contribution in [1.29, 1.82) is 0 Å². The van der Waals surface area contributed by atoms with Gasteiger partial charge >= 0.3 is 17.7 Å². The number of benzene rings is 1. The van der Waals surface area contributed by atoms with Gasteiger partial charge in [-0.15, -0.1) is 0 Å². The molecule has 1 aromatic carbocycles. The molecule has 1 heterocycles. The molecule has 25 heavy (non-hydrogen) atoms. The van der Waals surface area contributed by atoms with Crippen molar-refractivity contribution in [2.45, 2.75) is 39.5 Å². The topological polar surface area (TPSA) is 55.8 Å². The van der Waals surface area contributed by atoms with E-state index >= 15 is 0 Å². The maximum atomic E-state index is 13.3. The molecule has 0 radical (unpaired) electrons. The van der Waals surface area contributed by atoms with Gasteiger partial charge in [0.2, 0.25) is 0 Å². The standard InChI is InChI=1S/C17H18ClF3O4/c1-9-12-10(7-11(18)13(9)24-8-15(2,3)4)5-6-16(25-12,14(22)23)17(19,20)21/h5-7H,8H2,1-4H3,(H,22,23). The Bertz CT molecular complexity index is 735. The lowest BCUT2D eigenvalue weighted by Crippen LogP contribution is -2.56. The monoisotopic (exact) mass is 378 g/mol. The van der Waals surface area contributed by atoms with Gasteiger partial charge in [-0.3, -0.25) is 0 Å². The fourth-order valence-electron chi connectivity index (χ4n) is 2.28. The van der Waals surface area contributed by atoms with E-state index in [0.29, 0.717) is 6.08 Å². The summed E-state index contributed by atoms with van der Waals surface area (Å²) in [6.07, 6.45) is -3.61. The average Bonchev–Trinajstić information content (AvgIpc) is 2.44. The number of carbonyl (C=O) groups is 1. The first-order valence-electron chi connectivity index (χ1n) is 7.43. The minimum absolute atomic E-state index is 0.173. The van der Waals surface area contributed by atoms with Crippen LogP contribution in [0.15, 0.2) is 12.1 Å². The van der Waals surface area contributed by atoms with Crippen LogP contribution in [0.5, 0.6) is 11.5 Å². The minimum atomic E-state index is -5.13. The van der Waals surface area contributed by atoms with Crippen LogP contribution in [-0.2, 0) is 4.79 Å². The van der Waals surface area contributed by atoms with Crippen LogP contribution in [0, 0.1) is 12.3 Å². The zero-order chi connectivity index (χ0) is 19.2. The molecular formula is C17H18ClF3O4. The number of aliphatic carboxylic acids is 1. The first-order valence-corrected chi connectivity index (χ1v) is 7.80. The molecular weight excluding hydrogens is 361 g/mol. The van der Waals surface area contributed by atoms with Crippen LogP contribution in [0.4, 0.5) is 13.2 Å². The quantitative estimate of drug-likeness (QED) is 0.815. The summed E-state index contributed by atoms with van der Waals surface area (Å²) in [6, 6.07) is 1.39. The van der Waals surface area contributed by atoms with Crippen molar-refractivity contribution < 1.29 is 32.5 Å². The van der Waals surface area contributed by atoms with E-state index in [-0.39, 0.29) is 39.7 Å². The second-order valence-corrected chi connectivity index (χ2v) is 7.46. The minimum Gasteiger partial charge on any atom is -0.491 e. The van der Waals surface area contributed by atoms with E-state index < -0.39 is 17.7 Å². The van der Waals surface area contributed by atoms with Gasteiger partial charge in [-0.25, -0.2) is 4.79 Å². The first kappa shape index (κ1) is 19.4. The van der Waals surface area contributed by atoms with Crippen LogP contribution in [-0.4, -0.2) is 29.5 Å². The molecule has 1 aromatic rings. The van der Waals surface area contributed by atoms with E-state index in [4.69, 9.17) is 26.2 Å². The number of fused-ring (bicyclic) bond motifs is 1. The van der Waals surface area contributed by atoms with Gasteiger partial charge < -0.3 is 14.6 Å². The Kier molecular flexibility index (Phi) is 4.76. The summed E-state index contributed by atoms with van der Waals surface area (Å²) in [5, 5.41) is 9.33. The Morgan fingerprint density at radius 2 is 1.96 bits per heavy atom. The molecule has 1 aliphatic rings. The highest BCUT2D eigenvalue weighted by molar-refractivity contribution is 6.32. The molecule has 2 rings (SSSR count). The predicted molar refractivity (Wildman–Crippen MR) is 87.2 cm³/mol. The second kappa shape index (κ2) is 6.12. The van der Waals surface area contributed by atoms with Gasteiger partial charge in [0.25, 0.3) is 0 Å². The Morgan fingerprint density at radius 1 is 1.36 bits per heavy atom. The fraction of sp³-hybridized carbons (Fsp3) is 0.471. The largest absolute Gasteiger partial charge is 0.491 e. The van der Waals surface area contributed by atoms with Crippen molar-refractivity contribution in [2.75, 3.05) is 6.61 Å². The van der Waals surface area contributed by atoms with Crippen LogP contribution >= 0.6 is 11.6 Å². The number of hydrogen-bond acceptors (Lipinski definition) is 3. The zero-order valence-corrected chi connectivity index (χ0v) is 14.9. The second-order valence-electron chi connectivity index (χ2n) is 7.05. The smallest absolute Gasteiger partial charge is 0.443 e. The molecule has 1 N–H and O–H groups in total. The Morgan fingerprint density at radius 3 is 2.44 bits per heavy atom. The van der Waals surface area contributed by atoms with E-state index in [2.05, 4.69) is 0 Å². The third kappa shape index (κ3) is 3.56. The third-order valence-corrected chi connectivity index (χ3v) is 3.87. The number of halogens is 4. The van der Waals surface area contributed by atoms with E-state index in [0.717, 1.165) is 6.08 Å². The van der Waals surface area contributed by atoms with Gasteiger partial charge in [0.05, 0.1) is 11.6 Å². The highest BCUT2D eigenvalue weighted by Gasteiger charge is 2.63. The van der Waals surface area contributed by atoms with Gasteiger partial charge in [-0.05, 0) is 24.5 Å². The van der Waals surface area contributed by atoms with Crippen molar-refractivity contribution in [1.82, 2.24) is 0 Å². The van der Waals surface area contributed by atoms with Crippen molar-refractivity contribution >= 4 is 23.6 Å². The normalized spacial score (nSPS) is 20.0. The molecule has 0 fully saturated rings. The molecule has 0 bridgehead atoms. The van der Waals surface area contributed by atoms with Gasteiger partial charge in [-0.2, -0.15) is 13.2 Å². The molecule has 138 valence electrons. The summed E-state index contributed by atoms with van der Waals surface area (Å²) in [6.45, 7) is 7.52. The Labute approximate surface area is 148 Å². The molecule has 1 atom stereocenters. The maximum absolute atomic E-state index is 13.3. The van der Waals surface area contributed by atoms with E-state index in [1.807, 2.05) is 20.8 Å². The SMILES string of the molecule is Cc1c(OCC(C)(C)C)c(Cl)cc2c1OC(C(=O)O)(C(F)(F)F)C=C2. The van der Waals surface area contributed by atoms with Crippen LogP contribution in [0.1, 0.15) is 31.9 Å². The van der Waals surface area contributed by atoms with E-state index in [1.54, 1.807) is 0 Å². The predicted octanol–water partition coefficient (Wildman–Crippen LogP) is 4.86. The van der Waals surface area contributed by atoms with Gasteiger partial charge in [-0.1, -0.05) is 38.4 Å². The summed E-state index contributed by atoms with van der Waals surface area (Å²) in [7, 11) is 0. The highest BCUT2D eigenvalue weighted by Crippen LogP contribution is 2.47. The number of hydrogen-bond donors (Lipinski definition) is 1. The van der Waals surface area contributed by atoms with Gasteiger partial charge in [0.1, 0.15) is 11.5 Å². The molecule has 4 nitrogen and oxygen atoms in total. The van der Waals surface area contributed by atoms with Crippen molar-refractivity contribution in [3.05, 3.63) is 28.3 Å². The molecule has 0 saturated carbocycles. The number of carboxylic acids is 1. The van der Waals surface area contributed by atoms with Crippen LogP contribution in [0.2, 0.25) is 5.02 Å². The number of alkyl halides is 3. The van der Waals surface area contributed by atoms with Crippen molar-refractivity contribution in [3.63, 3.8) is 0 Å². The molecule has 1 aliphatic heterocycles. The number of carboxylic acid groups (broad SMARTS) is 1. The summed E-state index contributed by atoms with van der Waals surface area (Å²) in [4.78, 5) is 11.3. The lowest BCUT2D eigenvalue weighted by Gasteiger charge is -2.34. The van der Waals surface area contributed by atoms with Gasteiger partial charge in [0.15, 0.2) is 0 Å². The van der Waals surface area contributed by atoms with Crippen molar-refractivity contribution in [3.8, 4) is 11.5 Å². The van der Waals surface area contributed by atoms with E-state index in [9.17, 15) is 18.0 Å². The fourth-order valence-corrected chi connectivity index (χ4v) is 2.60. The molecule has 0 amide bonds. The maximum Gasteiger partial charge on any atom is 0.443 e. The van der Waals surface area contributed by atoms with Crippen LogP contribution in [0.25, 0.3) is 6.08 Å². The molecule has 8 heteroatoms. The summed E-state index contributed by atoms with van der Waals surface area (Å²) < 4.78 is 50.6. The van der Waals surface area contributed by atoms with Gasteiger partial charge in [0, 0.05) is 11.1 Å². The first-order chi connectivity index (χ1) is 11.3. The lowest BCUT2D eigenvalue weighted by molar-refractivity contribution is -0.235. The van der Waals surface area contributed by atoms with Crippen LogP contribution < -0.4 is 9.47 Å². The summed E-state index contributed by atoms with van der Waals surface area (Å²) in [5.41, 5.74) is -3.18. The van der Waals surface area contributed by atoms with E-state index in [1.165, 1.54) is 13.0 Å². The molecule has 0 aliphatic carbocycles. The molecule has 0 aromatic heterocycles. The number of ether oxygens (including phenoxy) is 2. The zero-order valence-electron chi connectivity index (χ0n) is 14.1. The molecule has 0 spiro atoms.